The van der Waals surface area contributed by atoms with Crippen molar-refractivity contribution in [2.45, 2.75) is 25.1 Å². The molecule has 4 nitrogen and oxygen atoms in total. The van der Waals surface area contributed by atoms with Crippen LogP contribution in [0.3, 0.4) is 0 Å². The van der Waals surface area contributed by atoms with Crippen molar-refractivity contribution in [3.8, 4) is 5.75 Å². The number of rotatable bonds is 5. The molecule has 0 N–H and O–H groups in total. The van der Waals surface area contributed by atoms with E-state index < -0.39 is 17.8 Å². The molecule has 1 amide bonds. The van der Waals surface area contributed by atoms with Crippen molar-refractivity contribution >= 4 is 29.1 Å². The van der Waals surface area contributed by atoms with Gasteiger partial charge in [0.15, 0.2) is 0 Å². The van der Waals surface area contributed by atoms with Crippen LogP contribution >= 0.6 is 23.2 Å². The summed E-state index contributed by atoms with van der Waals surface area (Å²) in [6, 6.07) is 13.3. The van der Waals surface area contributed by atoms with E-state index in [0.717, 1.165) is 17.7 Å². The summed E-state index contributed by atoms with van der Waals surface area (Å²) in [6.45, 7) is 2.70. The van der Waals surface area contributed by atoms with Crippen molar-refractivity contribution < 1.29 is 22.7 Å². The molecule has 3 atom stereocenters. The van der Waals surface area contributed by atoms with Crippen molar-refractivity contribution in [3.63, 3.8) is 0 Å². The lowest BCUT2D eigenvalue weighted by atomic mass is 9.85. The van der Waals surface area contributed by atoms with E-state index in [9.17, 15) is 18.0 Å². The largest absolute Gasteiger partial charge is 0.490 e. The Morgan fingerprint density at radius 1 is 1.03 bits per heavy atom. The van der Waals surface area contributed by atoms with E-state index >= 15 is 0 Å². The number of benzene rings is 2. The number of amides is 1. The standard InChI is InChI=1S/C25H21Cl2F3N2O2/c1-15(34-19-5-3-18(4-6-19)25(28,29)30)20-13-32(24(33)16-8-10-31-11-9-16)14-21(20)17-2-7-22(26)23(27)12-17/h2-12,15,20-21H,13-14H2,1H3/t15-,20?,21+/m1/s1. The molecule has 34 heavy (non-hydrogen) atoms. The molecular formula is C25H21Cl2F3N2O2. The van der Waals surface area contributed by atoms with Crippen LogP contribution in [0.5, 0.6) is 5.75 Å². The maximum absolute atomic E-state index is 13.1. The Morgan fingerprint density at radius 2 is 1.71 bits per heavy atom. The molecule has 0 spiro atoms. The summed E-state index contributed by atoms with van der Waals surface area (Å²) in [7, 11) is 0. The van der Waals surface area contributed by atoms with Gasteiger partial charge in [0.2, 0.25) is 0 Å². The number of aromatic nitrogens is 1. The van der Waals surface area contributed by atoms with Gasteiger partial charge in [0.05, 0.1) is 15.6 Å². The highest BCUT2D eigenvalue weighted by molar-refractivity contribution is 6.42. The van der Waals surface area contributed by atoms with Crippen molar-refractivity contribution in [3.05, 3.63) is 93.7 Å². The number of hydrogen-bond donors (Lipinski definition) is 0. The van der Waals surface area contributed by atoms with Gasteiger partial charge in [-0.3, -0.25) is 9.78 Å². The number of hydrogen-bond acceptors (Lipinski definition) is 3. The third-order valence-electron chi connectivity index (χ3n) is 6.06. The number of halogens is 5. The lowest BCUT2D eigenvalue weighted by molar-refractivity contribution is -0.137. The van der Waals surface area contributed by atoms with E-state index in [4.69, 9.17) is 27.9 Å². The van der Waals surface area contributed by atoms with E-state index in [-0.39, 0.29) is 17.7 Å². The highest BCUT2D eigenvalue weighted by atomic mass is 35.5. The van der Waals surface area contributed by atoms with Crippen LogP contribution in [0.2, 0.25) is 10.0 Å². The van der Waals surface area contributed by atoms with Gasteiger partial charge in [0.1, 0.15) is 11.9 Å². The Labute approximate surface area is 205 Å². The van der Waals surface area contributed by atoms with Crippen molar-refractivity contribution in [2.24, 2.45) is 5.92 Å². The zero-order chi connectivity index (χ0) is 24.5. The van der Waals surface area contributed by atoms with Gasteiger partial charge in [-0.2, -0.15) is 13.2 Å². The lowest BCUT2D eigenvalue weighted by Gasteiger charge is -2.26. The van der Waals surface area contributed by atoms with Gasteiger partial charge >= 0.3 is 6.18 Å². The van der Waals surface area contributed by atoms with Crippen LogP contribution in [0.15, 0.2) is 67.0 Å². The van der Waals surface area contributed by atoms with Crippen molar-refractivity contribution in [2.75, 3.05) is 13.1 Å². The first kappa shape index (κ1) is 24.4. The minimum absolute atomic E-state index is 0.106. The average Bonchev–Trinajstić information content (AvgIpc) is 3.26. The first-order valence-electron chi connectivity index (χ1n) is 10.6. The maximum atomic E-state index is 13.1. The van der Waals surface area contributed by atoms with Crippen LogP contribution in [0.25, 0.3) is 0 Å². The molecule has 1 fully saturated rings. The van der Waals surface area contributed by atoms with Crippen LogP contribution < -0.4 is 4.74 Å². The van der Waals surface area contributed by atoms with Gasteiger partial charge in [-0.1, -0.05) is 29.3 Å². The fraction of sp³-hybridized carbons (Fsp3) is 0.280. The molecule has 1 saturated heterocycles. The highest BCUT2D eigenvalue weighted by Gasteiger charge is 2.40. The van der Waals surface area contributed by atoms with E-state index in [1.165, 1.54) is 12.1 Å². The highest BCUT2D eigenvalue weighted by Crippen LogP contribution is 2.39. The molecule has 9 heteroatoms. The fourth-order valence-corrected chi connectivity index (χ4v) is 4.57. The minimum atomic E-state index is -4.41. The Kier molecular flexibility index (Phi) is 7.05. The summed E-state index contributed by atoms with van der Waals surface area (Å²) < 4.78 is 44.7. The molecule has 0 aliphatic carbocycles. The monoisotopic (exact) mass is 508 g/mol. The second-order valence-electron chi connectivity index (χ2n) is 8.24. The first-order chi connectivity index (χ1) is 16.1. The molecule has 1 aliphatic heterocycles. The normalized spacial score (nSPS) is 19.2. The van der Waals surface area contributed by atoms with Gasteiger partial charge in [-0.25, -0.2) is 0 Å². The molecule has 1 aliphatic rings. The number of ether oxygens (including phenoxy) is 1. The number of carbonyl (C=O) groups is 1. The lowest BCUT2D eigenvalue weighted by Crippen LogP contribution is -2.32. The number of pyridine rings is 1. The number of nitrogens with zero attached hydrogens (tertiary/aromatic N) is 2. The molecule has 178 valence electrons. The minimum Gasteiger partial charge on any atom is -0.490 e. The van der Waals surface area contributed by atoms with Crippen LogP contribution in [0.4, 0.5) is 13.2 Å². The third kappa shape index (κ3) is 5.31. The Bertz CT molecular complexity index is 1160. The predicted molar refractivity (Wildman–Crippen MR) is 124 cm³/mol. The van der Waals surface area contributed by atoms with Gasteiger partial charge in [-0.15, -0.1) is 0 Å². The first-order valence-corrected chi connectivity index (χ1v) is 11.4. The SMILES string of the molecule is C[C@@H](Oc1ccc(C(F)(F)F)cc1)C1CN(C(=O)c2ccncc2)C[C@H]1c1ccc(Cl)c(Cl)c1. The van der Waals surface area contributed by atoms with Crippen LogP contribution in [0.1, 0.15) is 34.3 Å². The molecule has 0 saturated carbocycles. The molecular weight excluding hydrogens is 488 g/mol. The molecule has 1 aromatic heterocycles. The number of alkyl halides is 3. The summed E-state index contributed by atoms with van der Waals surface area (Å²) in [5.41, 5.74) is 0.698. The summed E-state index contributed by atoms with van der Waals surface area (Å²) in [5, 5.41) is 0.840. The Balaban J connectivity index is 1.58. The van der Waals surface area contributed by atoms with Crippen molar-refractivity contribution in [1.29, 1.82) is 0 Å². The van der Waals surface area contributed by atoms with E-state index in [1.807, 2.05) is 13.0 Å². The molecule has 1 unspecified atom stereocenters. The maximum Gasteiger partial charge on any atom is 0.416 e. The third-order valence-corrected chi connectivity index (χ3v) is 6.80. The van der Waals surface area contributed by atoms with E-state index in [0.29, 0.717) is 34.4 Å². The van der Waals surface area contributed by atoms with E-state index in [1.54, 1.807) is 41.6 Å². The molecule has 0 radical (unpaired) electrons. The smallest absolute Gasteiger partial charge is 0.416 e. The van der Waals surface area contributed by atoms with Gasteiger partial charge in [-0.05, 0) is 61.0 Å². The van der Waals surface area contributed by atoms with Crippen LogP contribution in [-0.4, -0.2) is 35.0 Å². The zero-order valence-electron chi connectivity index (χ0n) is 18.1. The van der Waals surface area contributed by atoms with Crippen molar-refractivity contribution in [1.82, 2.24) is 9.88 Å². The van der Waals surface area contributed by atoms with Crippen LogP contribution in [-0.2, 0) is 6.18 Å². The van der Waals surface area contributed by atoms with Gasteiger partial charge in [0.25, 0.3) is 5.91 Å². The second kappa shape index (κ2) is 9.84. The molecule has 3 aromatic rings. The van der Waals surface area contributed by atoms with Gasteiger partial charge < -0.3 is 9.64 Å². The summed E-state index contributed by atoms with van der Waals surface area (Å²) >= 11 is 12.3. The zero-order valence-corrected chi connectivity index (χ0v) is 19.6. The Hall–Kier alpha value is -2.77. The molecule has 4 rings (SSSR count). The average molecular weight is 509 g/mol. The summed E-state index contributed by atoms with van der Waals surface area (Å²) in [5.74, 6) is -0.0423. The molecule has 2 heterocycles. The van der Waals surface area contributed by atoms with E-state index in [2.05, 4.69) is 4.98 Å². The second-order valence-corrected chi connectivity index (χ2v) is 9.05. The number of carbonyl (C=O) groups excluding carboxylic acids is 1. The number of likely N-dealkylation sites (tertiary alicyclic amines) is 1. The molecule has 0 bridgehead atoms. The summed E-state index contributed by atoms with van der Waals surface area (Å²) in [6.07, 6.45) is -1.68. The fourth-order valence-electron chi connectivity index (χ4n) is 4.27. The topological polar surface area (TPSA) is 42.4 Å². The quantitative estimate of drug-likeness (QED) is 0.383. The van der Waals surface area contributed by atoms with Crippen LogP contribution in [0, 0.1) is 5.92 Å². The van der Waals surface area contributed by atoms with Gasteiger partial charge in [0, 0.05) is 42.9 Å². The predicted octanol–water partition coefficient (Wildman–Crippen LogP) is 6.73. The Morgan fingerprint density at radius 3 is 2.32 bits per heavy atom. The molecule has 2 aromatic carbocycles. The summed E-state index contributed by atoms with van der Waals surface area (Å²) in [4.78, 5) is 18.8.